The molecule has 36 heavy (non-hydrogen) atoms. The Bertz CT molecular complexity index is 950. The largest absolute Gasteiger partial charge is 0.498 e. The number of ether oxygens (including phenoxy) is 2. The van der Waals surface area contributed by atoms with E-state index in [1.54, 1.807) is 25.1 Å². The van der Waals surface area contributed by atoms with Gasteiger partial charge in [-0.2, -0.15) is 0 Å². The topological polar surface area (TPSA) is 158 Å². The molecule has 1 unspecified atom stereocenters. The summed E-state index contributed by atoms with van der Waals surface area (Å²) in [6.45, 7) is 6.22. The SMILES string of the molecule is C/C(=C\C=C(/C)OCCCCN/S(N)=C(\C)O)Cc1cc([C@@H]2O[C@H](CO)[C@@H](O)[C@H](O)[C@H]2O)ccc1Cl. The summed E-state index contributed by atoms with van der Waals surface area (Å²) >= 11 is 6.41. The molecule has 0 bridgehead atoms. The maximum atomic E-state index is 10.4. The molecule has 1 aliphatic heterocycles. The Morgan fingerprint density at radius 1 is 1.14 bits per heavy atom. The lowest BCUT2D eigenvalue weighted by atomic mass is 9.90. The molecule has 1 aromatic rings. The number of allylic oxidation sites excluding steroid dienone is 4. The molecule has 0 radical (unpaired) electrons. The fourth-order valence-electron chi connectivity index (χ4n) is 3.70. The maximum Gasteiger partial charge on any atom is 0.113 e. The molecule has 11 heteroatoms. The van der Waals surface area contributed by atoms with Crippen LogP contribution in [0.1, 0.15) is 50.8 Å². The van der Waals surface area contributed by atoms with Crippen LogP contribution < -0.4 is 9.86 Å². The van der Waals surface area contributed by atoms with Gasteiger partial charge in [-0.05, 0) is 74.2 Å². The molecule has 204 valence electrons. The number of nitrogens with two attached hydrogens (primary N) is 1. The molecule has 1 saturated heterocycles. The van der Waals surface area contributed by atoms with Crippen LogP contribution in [0.5, 0.6) is 0 Å². The highest BCUT2D eigenvalue weighted by molar-refractivity contribution is 8.12. The molecule has 1 heterocycles. The third-order valence-corrected chi connectivity index (χ3v) is 7.36. The number of hydrogen-bond acceptors (Lipinski definition) is 8. The fourth-order valence-corrected chi connectivity index (χ4v) is 4.46. The summed E-state index contributed by atoms with van der Waals surface area (Å²) < 4.78 is 14.5. The van der Waals surface area contributed by atoms with Crippen molar-refractivity contribution in [2.24, 2.45) is 5.14 Å². The van der Waals surface area contributed by atoms with E-state index in [-0.39, 0.29) is 5.05 Å². The number of benzene rings is 1. The van der Waals surface area contributed by atoms with E-state index in [9.17, 15) is 25.5 Å². The lowest BCUT2D eigenvalue weighted by molar-refractivity contribution is -0.231. The first-order chi connectivity index (χ1) is 17.0. The van der Waals surface area contributed by atoms with Crippen LogP contribution in [-0.2, 0) is 15.9 Å². The van der Waals surface area contributed by atoms with Gasteiger partial charge in [-0.25, -0.2) is 0 Å². The first kappa shape index (κ1) is 30.9. The van der Waals surface area contributed by atoms with Crippen molar-refractivity contribution < 1.29 is 35.0 Å². The van der Waals surface area contributed by atoms with Crippen LogP contribution in [0, 0.1) is 0 Å². The van der Waals surface area contributed by atoms with Gasteiger partial charge in [0.25, 0.3) is 0 Å². The molecule has 1 fully saturated rings. The molecular weight excluding hydrogens is 508 g/mol. The molecule has 0 spiro atoms. The van der Waals surface area contributed by atoms with Gasteiger partial charge in [0.05, 0.1) is 24.0 Å². The molecule has 0 aliphatic carbocycles. The van der Waals surface area contributed by atoms with E-state index < -0.39 is 48.0 Å². The predicted octanol–water partition coefficient (Wildman–Crippen LogP) is 2.40. The molecule has 0 amide bonds. The van der Waals surface area contributed by atoms with Crippen molar-refractivity contribution in [1.29, 1.82) is 0 Å². The normalized spacial score (nSPS) is 26.6. The van der Waals surface area contributed by atoms with Gasteiger partial charge < -0.3 is 35.0 Å². The third-order valence-electron chi connectivity index (χ3n) is 5.84. The highest BCUT2D eigenvalue weighted by Gasteiger charge is 2.44. The number of hydrogen-bond donors (Lipinski definition) is 7. The van der Waals surface area contributed by atoms with Crippen molar-refractivity contribution in [3.05, 3.63) is 57.8 Å². The average molecular weight is 547 g/mol. The number of aliphatic hydroxyl groups is 5. The Morgan fingerprint density at radius 2 is 1.86 bits per heavy atom. The van der Waals surface area contributed by atoms with Crippen molar-refractivity contribution in [1.82, 2.24) is 4.72 Å². The van der Waals surface area contributed by atoms with E-state index in [0.717, 1.165) is 29.7 Å². The summed E-state index contributed by atoms with van der Waals surface area (Å²) in [5.74, 6) is 0.779. The van der Waals surface area contributed by atoms with Crippen LogP contribution in [0.25, 0.3) is 0 Å². The minimum Gasteiger partial charge on any atom is -0.498 e. The molecule has 1 aliphatic rings. The fraction of sp³-hybridized carbons (Fsp3) is 0.560. The molecule has 8 N–H and O–H groups in total. The summed E-state index contributed by atoms with van der Waals surface area (Å²) in [6.07, 6.45) is 0.0455. The van der Waals surface area contributed by atoms with Crippen molar-refractivity contribution >= 4 is 27.5 Å². The van der Waals surface area contributed by atoms with Gasteiger partial charge >= 0.3 is 0 Å². The van der Waals surface area contributed by atoms with Crippen molar-refractivity contribution in [3.63, 3.8) is 0 Å². The Hall–Kier alpha value is -1.31. The monoisotopic (exact) mass is 546 g/mol. The van der Waals surface area contributed by atoms with Crippen molar-refractivity contribution in [2.45, 2.75) is 70.6 Å². The van der Waals surface area contributed by atoms with Gasteiger partial charge in [0, 0.05) is 11.6 Å². The van der Waals surface area contributed by atoms with Gasteiger partial charge in [-0.1, -0.05) is 35.4 Å². The second kappa shape index (κ2) is 15.2. The predicted molar refractivity (Wildman–Crippen MR) is 144 cm³/mol. The van der Waals surface area contributed by atoms with Gasteiger partial charge in [-0.3, -0.25) is 9.86 Å². The van der Waals surface area contributed by atoms with Crippen LogP contribution in [0.4, 0.5) is 0 Å². The highest BCUT2D eigenvalue weighted by atomic mass is 35.5. The maximum absolute atomic E-state index is 10.4. The number of rotatable bonds is 12. The van der Waals surface area contributed by atoms with E-state index in [1.807, 2.05) is 26.0 Å². The summed E-state index contributed by atoms with van der Waals surface area (Å²) in [5, 5.41) is 55.7. The third kappa shape index (κ3) is 9.21. The second-order valence-corrected chi connectivity index (χ2v) is 10.8. The van der Waals surface area contributed by atoms with Crippen LogP contribution in [-0.4, -0.2) is 74.8 Å². The zero-order valence-corrected chi connectivity index (χ0v) is 22.5. The average Bonchev–Trinajstić information content (AvgIpc) is 2.84. The molecule has 1 aromatic carbocycles. The molecular formula is C25H39ClN2O7S. The van der Waals surface area contributed by atoms with Gasteiger partial charge in [0.1, 0.15) is 30.5 Å². The second-order valence-electron chi connectivity index (χ2n) is 8.87. The minimum absolute atomic E-state index is 0.189. The zero-order chi connectivity index (χ0) is 26.8. The molecule has 9 nitrogen and oxygen atoms in total. The van der Waals surface area contributed by atoms with Gasteiger partial charge in [0.15, 0.2) is 0 Å². The number of unbranched alkanes of at least 4 members (excludes halogenated alkanes) is 1. The Kier molecular flexibility index (Phi) is 13.0. The van der Waals surface area contributed by atoms with E-state index in [4.69, 9.17) is 26.2 Å². The summed E-state index contributed by atoms with van der Waals surface area (Å²) in [5.41, 5.74) is 2.44. The number of aliphatic hydroxyl groups excluding tert-OH is 5. The summed E-state index contributed by atoms with van der Waals surface area (Å²) in [4.78, 5) is 0. The van der Waals surface area contributed by atoms with E-state index >= 15 is 0 Å². The molecule has 0 aromatic heterocycles. The number of nitrogens with one attached hydrogen (secondary N) is 1. The van der Waals surface area contributed by atoms with Crippen molar-refractivity contribution in [3.8, 4) is 0 Å². The van der Waals surface area contributed by atoms with Crippen molar-refractivity contribution in [2.75, 3.05) is 19.8 Å². The smallest absolute Gasteiger partial charge is 0.113 e. The quantitative estimate of drug-likeness (QED) is 0.0904. The first-order valence-corrected chi connectivity index (χ1v) is 13.5. The first-order valence-electron chi connectivity index (χ1n) is 11.9. The van der Waals surface area contributed by atoms with Gasteiger partial charge in [0.2, 0.25) is 0 Å². The van der Waals surface area contributed by atoms with Crippen LogP contribution in [0.3, 0.4) is 0 Å². The lowest BCUT2D eigenvalue weighted by Crippen LogP contribution is -2.55. The zero-order valence-electron chi connectivity index (χ0n) is 20.9. The highest BCUT2D eigenvalue weighted by Crippen LogP contribution is 2.34. The number of halogens is 1. The Morgan fingerprint density at radius 3 is 2.53 bits per heavy atom. The summed E-state index contributed by atoms with van der Waals surface area (Å²) in [7, 11) is -0.771. The van der Waals surface area contributed by atoms with Crippen LogP contribution >= 0.6 is 22.5 Å². The molecule has 6 atom stereocenters. The minimum atomic E-state index is -1.44. The Balaban J connectivity index is 1.93. The van der Waals surface area contributed by atoms with Crippen LogP contribution in [0.15, 0.2) is 41.7 Å². The standard InChI is InChI=1S/C25H39ClN2O7S/c1-15(6-7-16(2)34-11-5-4-10-28-36(27)17(3)30)12-19-13-18(8-9-20(19)26)25-24(33)23(32)22(31)21(14-29)35-25/h6-9,13,21-25,28-33H,4-5,10-12,14,27H2,1-3H3/b15-6+,16-7+/t21-,22-,23+,24-,25+,36?/m1/s1. The van der Waals surface area contributed by atoms with Crippen LogP contribution in [0.2, 0.25) is 5.02 Å². The Labute approximate surface area is 220 Å². The van der Waals surface area contributed by atoms with Gasteiger partial charge in [-0.15, -0.1) is 0 Å². The van der Waals surface area contributed by atoms with E-state index in [2.05, 4.69) is 4.72 Å². The molecule has 0 saturated carbocycles. The molecule has 2 rings (SSSR count). The van der Waals surface area contributed by atoms with E-state index in [1.165, 1.54) is 0 Å². The van der Waals surface area contributed by atoms with E-state index in [0.29, 0.717) is 30.2 Å². The summed E-state index contributed by atoms with van der Waals surface area (Å²) in [6, 6.07) is 5.20. The lowest BCUT2D eigenvalue weighted by Gasteiger charge is -2.40.